The Morgan fingerprint density at radius 3 is 2.52 bits per heavy atom. The lowest BCUT2D eigenvalue weighted by Gasteiger charge is -2.25. The molecule has 0 radical (unpaired) electrons. The topological polar surface area (TPSA) is 96.3 Å². The lowest BCUT2D eigenvalue weighted by Crippen LogP contribution is -2.29. The number of nitrogens with zero attached hydrogens (tertiary/aromatic N) is 1. The van der Waals surface area contributed by atoms with Crippen LogP contribution in [0.15, 0.2) is 72.3 Å². The molecule has 1 unspecified atom stereocenters. The third kappa shape index (κ3) is 3.65. The highest BCUT2D eigenvalue weighted by molar-refractivity contribution is 6.46. The number of ketones is 1. The van der Waals surface area contributed by atoms with Crippen LogP contribution < -0.4 is 9.47 Å². The van der Waals surface area contributed by atoms with Crippen molar-refractivity contribution in [1.29, 1.82) is 0 Å². The summed E-state index contributed by atoms with van der Waals surface area (Å²) in [5, 5.41) is 21.2. The number of rotatable bonds is 4. The lowest BCUT2D eigenvalue weighted by molar-refractivity contribution is -0.140. The van der Waals surface area contributed by atoms with E-state index < -0.39 is 23.5 Å². The number of phenols is 1. The van der Waals surface area contributed by atoms with Gasteiger partial charge >= 0.3 is 0 Å². The Labute approximate surface area is 187 Å². The van der Waals surface area contributed by atoms with Gasteiger partial charge in [0.2, 0.25) is 6.79 Å². The maximum Gasteiger partial charge on any atom is 0.295 e. The number of carbonyl (C=O) groups is 2. The second-order valence-electron chi connectivity index (χ2n) is 7.72. The van der Waals surface area contributed by atoms with Crippen LogP contribution in [0.3, 0.4) is 0 Å². The molecule has 1 amide bonds. The van der Waals surface area contributed by atoms with E-state index in [2.05, 4.69) is 0 Å². The predicted octanol–water partition coefficient (Wildman–Crippen LogP) is 3.88. The molecule has 5 rings (SSSR count). The van der Waals surface area contributed by atoms with Crippen LogP contribution in [0, 0.1) is 5.82 Å². The third-order valence-corrected chi connectivity index (χ3v) is 5.64. The van der Waals surface area contributed by atoms with Crippen LogP contribution in [0.4, 0.5) is 4.39 Å². The standard InChI is InChI=1S/C25H18FNO6/c26-17-7-4-14(5-8-17)12-27-22(15-2-1-3-18(28)10-15)21(24(30)25(27)31)23(29)16-6-9-19-20(11-16)33-13-32-19/h1-11,22,28-29H,12-13H2/b23-21-. The zero-order chi connectivity index (χ0) is 23.1. The van der Waals surface area contributed by atoms with Crippen molar-refractivity contribution in [2.45, 2.75) is 12.6 Å². The van der Waals surface area contributed by atoms with E-state index in [1.807, 2.05) is 0 Å². The minimum atomic E-state index is -0.965. The minimum Gasteiger partial charge on any atom is -0.508 e. The molecule has 0 saturated carbocycles. The number of benzene rings is 3. The molecule has 166 valence electrons. The predicted molar refractivity (Wildman–Crippen MR) is 115 cm³/mol. The molecule has 1 saturated heterocycles. The third-order valence-electron chi connectivity index (χ3n) is 5.64. The smallest absolute Gasteiger partial charge is 0.295 e. The molecule has 2 N–H and O–H groups in total. The summed E-state index contributed by atoms with van der Waals surface area (Å²) in [6, 6.07) is 15.4. The average Bonchev–Trinajstić information content (AvgIpc) is 3.38. The van der Waals surface area contributed by atoms with Crippen LogP contribution in [-0.4, -0.2) is 33.6 Å². The Bertz CT molecular complexity index is 1300. The van der Waals surface area contributed by atoms with E-state index in [9.17, 15) is 24.2 Å². The number of likely N-dealkylation sites (tertiary alicyclic amines) is 1. The normalized spacial score (nSPS) is 18.7. The summed E-state index contributed by atoms with van der Waals surface area (Å²) in [7, 11) is 0. The molecule has 0 aliphatic carbocycles. The van der Waals surface area contributed by atoms with Gasteiger partial charge in [-0.1, -0.05) is 24.3 Å². The maximum atomic E-state index is 13.4. The van der Waals surface area contributed by atoms with Crippen molar-refractivity contribution in [3.05, 3.63) is 94.8 Å². The fourth-order valence-electron chi connectivity index (χ4n) is 4.07. The number of aliphatic hydroxyl groups excluding tert-OH is 1. The molecule has 0 bridgehead atoms. The molecule has 0 spiro atoms. The summed E-state index contributed by atoms with van der Waals surface area (Å²) in [4.78, 5) is 27.4. The van der Waals surface area contributed by atoms with Gasteiger partial charge in [0.1, 0.15) is 17.3 Å². The highest BCUT2D eigenvalue weighted by atomic mass is 19.1. The molecule has 2 heterocycles. The molecule has 7 nitrogen and oxygen atoms in total. The SMILES string of the molecule is O=C1C(=O)N(Cc2ccc(F)cc2)C(c2cccc(O)c2)/C1=C(/O)c1ccc2c(c1)OCO2. The van der Waals surface area contributed by atoms with E-state index in [0.29, 0.717) is 22.6 Å². The Morgan fingerprint density at radius 1 is 1.00 bits per heavy atom. The fourth-order valence-corrected chi connectivity index (χ4v) is 4.07. The van der Waals surface area contributed by atoms with Gasteiger partial charge < -0.3 is 24.6 Å². The number of carbonyl (C=O) groups excluding carboxylic acids is 2. The first-order valence-electron chi connectivity index (χ1n) is 10.1. The van der Waals surface area contributed by atoms with Gasteiger partial charge in [-0.15, -0.1) is 0 Å². The molecule has 3 aromatic carbocycles. The number of hydrogen-bond acceptors (Lipinski definition) is 6. The summed E-state index contributed by atoms with van der Waals surface area (Å²) in [5.74, 6) is -1.60. The monoisotopic (exact) mass is 447 g/mol. The van der Waals surface area contributed by atoms with Crippen molar-refractivity contribution in [2.24, 2.45) is 0 Å². The molecule has 3 aromatic rings. The Hall–Kier alpha value is -4.33. The van der Waals surface area contributed by atoms with E-state index in [4.69, 9.17) is 9.47 Å². The molecule has 2 aliphatic rings. The first kappa shape index (κ1) is 20.6. The summed E-state index contributed by atoms with van der Waals surface area (Å²) in [5.41, 5.74) is 1.21. The number of amides is 1. The quantitative estimate of drug-likeness (QED) is 0.358. The van der Waals surface area contributed by atoms with Crippen LogP contribution in [0.25, 0.3) is 5.76 Å². The van der Waals surface area contributed by atoms with Crippen molar-refractivity contribution in [1.82, 2.24) is 4.90 Å². The Balaban J connectivity index is 1.63. The van der Waals surface area contributed by atoms with Gasteiger partial charge in [0.05, 0.1) is 11.6 Å². The summed E-state index contributed by atoms with van der Waals surface area (Å²) in [6.45, 7) is 0.0496. The molecule has 2 aliphatic heterocycles. The first-order chi connectivity index (χ1) is 15.9. The van der Waals surface area contributed by atoms with Crippen molar-refractivity contribution in [3.63, 3.8) is 0 Å². The number of fused-ring (bicyclic) bond motifs is 1. The van der Waals surface area contributed by atoms with Gasteiger partial charge in [0, 0.05) is 12.1 Å². The molecule has 8 heteroatoms. The molecule has 0 aromatic heterocycles. The van der Waals surface area contributed by atoms with Crippen molar-refractivity contribution in [2.75, 3.05) is 6.79 Å². The Kier molecular flexibility index (Phi) is 4.97. The first-order valence-corrected chi connectivity index (χ1v) is 10.1. The number of hydrogen-bond donors (Lipinski definition) is 2. The van der Waals surface area contributed by atoms with E-state index in [0.717, 1.165) is 0 Å². The molecular weight excluding hydrogens is 429 g/mol. The number of aliphatic hydroxyl groups is 1. The van der Waals surface area contributed by atoms with Crippen molar-refractivity contribution in [3.8, 4) is 17.2 Å². The number of Topliss-reactive ketones (excluding diaryl/α,β-unsaturated/α-hetero) is 1. The number of ether oxygens (including phenoxy) is 2. The largest absolute Gasteiger partial charge is 0.508 e. The van der Waals surface area contributed by atoms with E-state index in [-0.39, 0.29) is 36.0 Å². The van der Waals surface area contributed by atoms with E-state index in [1.54, 1.807) is 24.3 Å². The zero-order valence-electron chi connectivity index (χ0n) is 17.2. The van der Waals surface area contributed by atoms with Crippen LogP contribution in [0.1, 0.15) is 22.7 Å². The van der Waals surface area contributed by atoms with Gasteiger partial charge in [0.15, 0.2) is 11.5 Å². The number of aromatic hydroxyl groups is 1. The van der Waals surface area contributed by atoms with Crippen LogP contribution in [-0.2, 0) is 16.1 Å². The summed E-state index contributed by atoms with van der Waals surface area (Å²) < 4.78 is 24.0. The number of phenolic OH excluding ortho intramolecular Hbond substituents is 1. The Morgan fingerprint density at radius 2 is 1.76 bits per heavy atom. The summed E-state index contributed by atoms with van der Waals surface area (Å²) >= 11 is 0. The van der Waals surface area contributed by atoms with Crippen molar-refractivity contribution < 1.29 is 33.7 Å². The highest BCUT2D eigenvalue weighted by Crippen LogP contribution is 2.42. The van der Waals surface area contributed by atoms with Gasteiger partial charge in [-0.25, -0.2) is 4.39 Å². The van der Waals surface area contributed by atoms with E-state index in [1.165, 1.54) is 47.4 Å². The van der Waals surface area contributed by atoms with Crippen LogP contribution in [0.2, 0.25) is 0 Å². The summed E-state index contributed by atoms with van der Waals surface area (Å²) in [6.07, 6.45) is 0. The molecule has 33 heavy (non-hydrogen) atoms. The van der Waals surface area contributed by atoms with Crippen molar-refractivity contribution >= 4 is 17.4 Å². The fraction of sp³-hybridized carbons (Fsp3) is 0.120. The average molecular weight is 447 g/mol. The maximum absolute atomic E-state index is 13.4. The van der Waals surface area contributed by atoms with Gasteiger partial charge in [-0.2, -0.15) is 0 Å². The van der Waals surface area contributed by atoms with Gasteiger partial charge in [-0.3, -0.25) is 9.59 Å². The van der Waals surface area contributed by atoms with Gasteiger partial charge in [0.25, 0.3) is 11.7 Å². The zero-order valence-corrected chi connectivity index (χ0v) is 17.2. The second kappa shape index (κ2) is 7.98. The highest BCUT2D eigenvalue weighted by Gasteiger charge is 2.46. The van der Waals surface area contributed by atoms with E-state index >= 15 is 0 Å². The van der Waals surface area contributed by atoms with Crippen LogP contribution >= 0.6 is 0 Å². The molecular formula is C25H18FNO6. The van der Waals surface area contributed by atoms with Gasteiger partial charge in [-0.05, 0) is 53.6 Å². The lowest BCUT2D eigenvalue weighted by atomic mass is 9.95. The molecule has 1 fully saturated rings. The number of halogens is 1. The molecule has 1 atom stereocenters. The van der Waals surface area contributed by atoms with Crippen LogP contribution in [0.5, 0.6) is 17.2 Å². The second-order valence-corrected chi connectivity index (χ2v) is 7.72. The minimum absolute atomic E-state index is 0.00307.